The highest BCUT2D eigenvalue weighted by molar-refractivity contribution is 5.91. The Morgan fingerprint density at radius 3 is 2.76 bits per heavy atom. The number of carboxylic acid groups (broad SMARTS) is 1. The molecular weight excluding hydrogens is 274 g/mol. The van der Waals surface area contributed by atoms with Crippen molar-refractivity contribution in [2.75, 3.05) is 38.8 Å². The van der Waals surface area contributed by atoms with Crippen molar-refractivity contribution >= 4 is 11.7 Å². The summed E-state index contributed by atoms with van der Waals surface area (Å²) in [5.74, 6) is -0.440. The zero-order chi connectivity index (χ0) is 15.7. The van der Waals surface area contributed by atoms with E-state index in [0.29, 0.717) is 37.9 Å². The highest BCUT2D eigenvalue weighted by atomic mass is 16.5. The molecule has 1 aromatic heterocycles. The van der Waals surface area contributed by atoms with Crippen molar-refractivity contribution in [2.45, 2.75) is 26.2 Å². The Kier molecular flexibility index (Phi) is 7.63. The Morgan fingerprint density at radius 1 is 1.38 bits per heavy atom. The first kappa shape index (κ1) is 17.3. The average Bonchev–Trinajstić information content (AvgIpc) is 2.46. The summed E-state index contributed by atoms with van der Waals surface area (Å²) in [7, 11) is 1.62. The number of nitrogens with zero attached hydrogens (tertiary/aromatic N) is 2. The number of aromatic nitrogens is 2. The molecule has 0 aromatic carbocycles. The number of hydrogen-bond donors (Lipinski definition) is 2. The fourth-order valence-corrected chi connectivity index (χ4v) is 1.61. The number of methoxy groups -OCH3 is 1. The summed E-state index contributed by atoms with van der Waals surface area (Å²) >= 11 is 0. The maximum absolute atomic E-state index is 11.2. The van der Waals surface area contributed by atoms with Crippen molar-refractivity contribution in [3.05, 3.63) is 17.7 Å². The van der Waals surface area contributed by atoms with Crippen molar-refractivity contribution in [1.29, 1.82) is 0 Å². The maximum Gasteiger partial charge on any atom is 0.356 e. The lowest BCUT2D eigenvalue weighted by Gasteiger charge is -2.11. The van der Waals surface area contributed by atoms with Crippen LogP contribution in [0.2, 0.25) is 0 Å². The summed E-state index contributed by atoms with van der Waals surface area (Å²) < 4.78 is 10.2. The predicted octanol–water partition coefficient (Wildman–Crippen LogP) is 1.76. The summed E-state index contributed by atoms with van der Waals surface area (Å²) in [5, 5.41) is 12.2. The van der Waals surface area contributed by atoms with Gasteiger partial charge in [-0.05, 0) is 6.42 Å². The minimum Gasteiger partial charge on any atom is -0.476 e. The van der Waals surface area contributed by atoms with Gasteiger partial charge >= 0.3 is 5.97 Å². The topological polar surface area (TPSA) is 93.6 Å². The van der Waals surface area contributed by atoms with Crippen LogP contribution in [0.25, 0.3) is 0 Å². The van der Waals surface area contributed by atoms with E-state index in [0.717, 1.165) is 6.42 Å². The molecule has 0 amide bonds. The van der Waals surface area contributed by atoms with Gasteiger partial charge in [-0.2, -0.15) is 0 Å². The molecule has 1 rings (SSSR count). The molecule has 0 atom stereocenters. The molecule has 1 aromatic rings. The van der Waals surface area contributed by atoms with Crippen LogP contribution in [0.4, 0.5) is 5.69 Å². The van der Waals surface area contributed by atoms with Crippen molar-refractivity contribution < 1.29 is 19.4 Å². The summed E-state index contributed by atoms with van der Waals surface area (Å²) in [6.07, 6.45) is 2.28. The lowest BCUT2D eigenvalue weighted by Crippen LogP contribution is -2.14. The van der Waals surface area contributed by atoms with Gasteiger partial charge < -0.3 is 19.9 Å². The van der Waals surface area contributed by atoms with Gasteiger partial charge in [-0.3, -0.25) is 0 Å². The van der Waals surface area contributed by atoms with Crippen LogP contribution in [0, 0.1) is 0 Å². The summed E-state index contributed by atoms with van der Waals surface area (Å²) in [6.45, 7) is 6.16. The maximum atomic E-state index is 11.2. The first-order valence-electron chi connectivity index (χ1n) is 6.97. The summed E-state index contributed by atoms with van der Waals surface area (Å²) in [4.78, 5) is 19.5. The van der Waals surface area contributed by atoms with E-state index in [-0.39, 0.29) is 11.6 Å². The van der Waals surface area contributed by atoms with Gasteiger partial charge in [0, 0.05) is 26.2 Å². The van der Waals surface area contributed by atoms with Crippen LogP contribution in [0.3, 0.4) is 0 Å². The van der Waals surface area contributed by atoms with Crippen molar-refractivity contribution in [3.8, 4) is 0 Å². The largest absolute Gasteiger partial charge is 0.476 e. The molecule has 21 heavy (non-hydrogen) atoms. The van der Waals surface area contributed by atoms with E-state index in [4.69, 9.17) is 9.47 Å². The standard InChI is InChI=1S/C14H23N3O4/c1-10(2)13-16-9-11(12(17-13)14(18)19)15-5-4-6-21-8-7-20-3/h9-10,15H,4-8H2,1-3H3,(H,18,19). The van der Waals surface area contributed by atoms with Gasteiger partial charge in [0.1, 0.15) is 5.82 Å². The monoisotopic (exact) mass is 297 g/mol. The Hall–Kier alpha value is -1.73. The number of carboxylic acids is 1. The molecule has 0 saturated carbocycles. The SMILES string of the molecule is COCCOCCCNc1cnc(C(C)C)nc1C(=O)O. The molecule has 2 N–H and O–H groups in total. The van der Waals surface area contributed by atoms with Gasteiger partial charge in [-0.25, -0.2) is 14.8 Å². The fourth-order valence-electron chi connectivity index (χ4n) is 1.61. The first-order chi connectivity index (χ1) is 10.1. The highest BCUT2D eigenvalue weighted by Gasteiger charge is 2.15. The average molecular weight is 297 g/mol. The first-order valence-corrected chi connectivity index (χ1v) is 6.97. The van der Waals surface area contributed by atoms with Crippen molar-refractivity contribution in [1.82, 2.24) is 9.97 Å². The second-order valence-electron chi connectivity index (χ2n) is 4.84. The second kappa shape index (κ2) is 9.25. The van der Waals surface area contributed by atoms with E-state index in [2.05, 4.69) is 15.3 Å². The van der Waals surface area contributed by atoms with Crippen LogP contribution in [-0.4, -0.2) is 54.5 Å². The molecule has 0 aliphatic rings. The highest BCUT2D eigenvalue weighted by Crippen LogP contribution is 2.16. The van der Waals surface area contributed by atoms with E-state index in [1.165, 1.54) is 6.20 Å². The molecule has 0 fully saturated rings. The smallest absolute Gasteiger partial charge is 0.356 e. The van der Waals surface area contributed by atoms with Crippen LogP contribution in [0.1, 0.15) is 42.5 Å². The van der Waals surface area contributed by atoms with Crippen LogP contribution >= 0.6 is 0 Å². The minimum absolute atomic E-state index is 0.00833. The molecule has 0 radical (unpaired) electrons. The third-order valence-electron chi connectivity index (χ3n) is 2.74. The molecule has 0 spiro atoms. The fraction of sp³-hybridized carbons (Fsp3) is 0.643. The second-order valence-corrected chi connectivity index (χ2v) is 4.84. The molecule has 0 bridgehead atoms. The van der Waals surface area contributed by atoms with Gasteiger partial charge in [-0.1, -0.05) is 13.8 Å². The zero-order valence-corrected chi connectivity index (χ0v) is 12.8. The third-order valence-corrected chi connectivity index (χ3v) is 2.74. The molecule has 0 aliphatic heterocycles. The number of ether oxygens (including phenoxy) is 2. The van der Waals surface area contributed by atoms with Gasteiger partial charge in [-0.15, -0.1) is 0 Å². The van der Waals surface area contributed by atoms with E-state index in [1.807, 2.05) is 13.8 Å². The zero-order valence-electron chi connectivity index (χ0n) is 12.8. The lowest BCUT2D eigenvalue weighted by molar-refractivity contribution is 0.0690. The van der Waals surface area contributed by atoms with Gasteiger partial charge in [0.25, 0.3) is 0 Å². The Bertz CT molecular complexity index is 452. The lowest BCUT2D eigenvalue weighted by atomic mass is 10.2. The summed E-state index contributed by atoms with van der Waals surface area (Å²) in [5.41, 5.74) is 0.442. The number of aromatic carboxylic acids is 1. The molecule has 7 nitrogen and oxygen atoms in total. The third kappa shape index (κ3) is 6.05. The van der Waals surface area contributed by atoms with E-state index in [9.17, 15) is 9.90 Å². The molecule has 7 heteroatoms. The molecule has 0 unspecified atom stereocenters. The Labute approximate surface area is 124 Å². The van der Waals surface area contributed by atoms with Gasteiger partial charge in [0.2, 0.25) is 0 Å². The van der Waals surface area contributed by atoms with Crippen molar-refractivity contribution in [3.63, 3.8) is 0 Å². The Balaban J connectivity index is 2.49. The van der Waals surface area contributed by atoms with Gasteiger partial charge in [0.05, 0.1) is 25.1 Å². The van der Waals surface area contributed by atoms with Crippen LogP contribution < -0.4 is 5.32 Å². The summed E-state index contributed by atoms with van der Waals surface area (Å²) in [6, 6.07) is 0. The van der Waals surface area contributed by atoms with E-state index < -0.39 is 5.97 Å². The van der Waals surface area contributed by atoms with Crippen molar-refractivity contribution in [2.24, 2.45) is 0 Å². The van der Waals surface area contributed by atoms with Crippen LogP contribution in [0.5, 0.6) is 0 Å². The Morgan fingerprint density at radius 2 is 2.14 bits per heavy atom. The number of nitrogens with one attached hydrogen (secondary N) is 1. The number of anilines is 1. The van der Waals surface area contributed by atoms with Gasteiger partial charge in [0.15, 0.2) is 5.69 Å². The van der Waals surface area contributed by atoms with E-state index in [1.54, 1.807) is 7.11 Å². The minimum atomic E-state index is -1.06. The number of carbonyl (C=O) groups is 1. The molecular formula is C14H23N3O4. The van der Waals surface area contributed by atoms with Crippen LogP contribution in [-0.2, 0) is 9.47 Å². The quantitative estimate of drug-likeness (QED) is 0.635. The van der Waals surface area contributed by atoms with Crippen LogP contribution in [0.15, 0.2) is 6.20 Å². The molecule has 118 valence electrons. The number of rotatable bonds is 10. The molecule has 0 aliphatic carbocycles. The molecule has 0 saturated heterocycles. The number of hydrogen-bond acceptors (Lipinski definition) is 6. The normalized spacial score (nSPS) is 10.9. The predicted molar refractivity (Wildman–Crippen MR) is 78.9 cm³/mol. The van der Waals surface area contributed by atoms with E-state index >= 15 is 0 Å². The molecule has 1 heterocycles.